The summed E-state index contributed by atoms with van der Waals surface area (Å²) in [5, 5.41) is 13.6. The van der Waals surface area contributed by atoms with E-state index in [9.17, 15) is 4.79 Å². The largest absolute Gasteiger partial charge is 0.497 e. The minimum absolute atomic E-state index is 0.124. The van der Waals surface area contributed by atoms with Crippen LogP contribution in [0.1, 0.15) is 29.9 Å². The van der Waals surface area contributed by atoms with E-state index in [0.717, 1.165) is 54.9 Å². The van der Waals surface area contributed by atoms with E-state index in [-0.39, 0.29) is 11.6 Å². The molecule has 0 aliphatic carbocycles. The lowest BCUT2D eigenvalue weighted by atomic mass is 10.0. The van der Waals surface area contributed by atoms with Crippen molar-refractivity contribution in [1.29, 1.82) is 0 Å². The van der Waals surface area contributed by atoms with Crippen molar-refractivity contribution in [2.45, 2.75) is 25.9 Å². The third kappa shape index (κ3) is 5.21. The molecule has 0 unspecified atom stereocenters. The molecule has 0 spiro atoms. The topological polar surface area (TPSA) is 101 Å². The number of aromatic nitrogens is 5. The summed E-state index contributed by atoms with van der Waals surface area (Å²) >= 11 is 0. The fourth-order valence-electron chi connectivity index (χ4n) is 4.97. The van der Waals surface area contributed by atoms with Crippen LogP contribution in [0.15, 0.2) is 53.3 Å². The molecule has 1 aliphatic rings. The van der Waals surface area contributed by atoms with Gasteiger partial charge in [-0.2, -0.15) is 0 Å². The molecule has 1 fully saturated rings. The van der Waals surface area contributed by atoms with Crippen molar-refractivity contribution in [3.63, 3.8) is 0 Å². The number of nitrogens with zero attached hydrogens (tertiary/aromatic N) is 6. The number of aryl methyl sites for hydroxylation is 1. The van der Waals surface area contributed by atoms with Gasteiger partial charge in [-0.1, -0.05) is 13.0 Å². The van der Waals surface area contributed by atoms with E-state index in [4.69, 9.17) is 9.47 Å². The molecule has 2 aromatic heterocycles. The zero-order valence-electron chi connectivity index (χ0n) is 21.6. The third-order valence-corrected chi connectivity index (χ3v) is 7.07. The van der Waals surface area contributed by atoms with Crippen LogP contribution >= 0.6 is 0 Å². The summed E-state index contributed by atoms with van der Waals surface area (Å²) in [6, 6.07) is 15.9. The molecular formula is C27H33N7O3. The molecule has 0 bridgehead atoms. The molecule has 10 nitrogen and oxygen atoms in total. The number of fused-ring (bicyclic) bond motifs is 1. The minimum Gasteiger partial charge on any atom is -0.497 e. The monoisotopic (exact) mass is 503 g/mol. The van der Waals surface area contributed by atoms with E-state index in [1.54, 1.807) is 18.9 Å². The first-order valence-corrected chi connectivity index (χ1v) is 12.6. The maximum absolute atomic E-state index is 13.4. The normalized spacial score (nSPS) is 15.3. The molecule has 10 heteroatoms. The number of nitrogens with one attached hydrogen (secondary N) is 1. The highest BCUT2D eigenvalue weighted by molar-refractivity contribution is 5.80. The number of ether oxygens (including phenoxy) is 2. The van der Waals surface area contributed by atoms with Gasteiger partial charge < -0.3 is 19.4 Å². The van der Waals surface area contributed by atoms with Gasteiger partial charge in [-0.3, -0.25) is 9.69 Å². The first-order chi connectivity index (χ1) is 18.1. The highest BCUT2D eigenvalue weighted by atomic mass is 16.5. The van der Waals surface area contributed by atoms with E-state index in [2.05, 4.69) is 61.5 Å². The summed E-state index contributed by atoms with van der Waals surface area (Å²) in [5.74, 6) is 1.48. The Hall–Kier alpha value is -3.76. The Balaban J connectivity index is 1.50. The summed E-state index contributed by atoms with van der Waals surface area (Å²) in [6.45, 7) is 6.24. The van der Waals surface area contributed by atoms with Crippen molar-refractivity contribution in [2.75, 3.05) is 51.9 Å². The number of aromatic amines is 1. The maximum atomic E-state index is 13.4. The first kappa shape index (κ1) is 24.9. The van der Waals surface area contributed by atoms with Crippen LogP contribution in [0.4, 0.5) is 5.69 Å². The van der Waals surface area contributed by atoms with Gasteiger partial charge in [0, 0.05) is 50.1 Å². The molecule has 4 aromatic rings. The van der Waals surface area contributed by atoms with Crippen LogP contribution in [0.3, 0.4) is 0 Å². The fraction of sp³-hybridized carbons (Fsp3) is 0.407. The average Bonchev–Trinajstić information content (AvgIpc) is 3.40. The third-order valence-electron chi connectivity index (χ3n) is 7.07. The number of rotatable bonds is 9. The van der Waals surface area contributed by atoms with Gasteiger partial charge in [0.05, 0.1) is 20.3 Å². The lowest BCUT2D eigenvalue weighted by Gasteiger charge is -2.39. The molecule has 1 atom stereocenters. The second-order valence-corrected chi connectivity index (χ2v) is 9.21. The van der Waals surface area contributed by atoms with Crippen LogP contribution in [-0.2, 0) is 17.7 Å². The van der Waals surface area contributed by atoms with Crippen LogP contribution in [0.25, 0.3) is 10.9 Å². The zero-order chi connectivity index (χ0) is 25.8. The summed E-state index contributed by atoms with van der Waals surface area (Å²) in [4.78, 5) is 21.2. The quantitative estimate of drug-likeness (QED) is 0.372. The lowest BCUT2D eigenvalue weighted by Crippen LogP contribution is -2.49. The summed E-state index contributed by atoms with van der Waals surface area (Å²) in [6.07, 6.45) is 0.927. The molecule has 2 aromatic carbocycles. The number of methoxy groups -OCH3 is 2. The van der Waals surface area contributed by atoms with Crippen LogP contribution in [-0.4, -0.2) is 77.1 Å². The molecule has 1 N–H and O–H groups in total. The molecule has 0 amide bonds. The predicted octanol–water partition coefficient (Wildman–Crippen LogP) is 2.64. The van der Waals surface area contributed by atoms with E-state index in [1.165, 1.54) is 5.56 Å². The van der Waals surface area contributed by atoms with Crippen molar-refractivity contribution < 1.29 is 9.47 Å². The number of tetrazole rings is 1. The molecule has 0 saturated carbocycles. The number of pyridine rings is 1. The SMILES string of the molecule is CCc1ccc2[nH]c(=O)c([C@@H](c3nnnn3CCOC)N3CCN(c4ccc(OC)cc4)CC3)cc2c1. The number of hydrogen-bond donors (Lipinski definition) is 1. The number of anilines is 1. The van der Waals surface area contributed by atoms with Crippen molar-refractivity contribution in [1.82, 2.24) is 30.1 Å². The summed E-state index contributed by atoms with van der Waals surface area (Å²) in [5.41, 5.74) is 3.72. The van der Waals surface area contributed by atoms with Gasteiger partial charge in [0.15, 0.2) is 5.82 Å². The first-order valence-electron chi connectivity index (χ1n) is 12.6. The second kappa shape index (κ2) is 11.1. The average molecular weight is 504 g/mol. The van der Waals surface area contributed by atoms with Gasteiger partial charge in [-0.15, -0.1) is 5.10 Å². The van der Waals surface area contributed by atoms with Crippen LogP contribution in [0.2, 0.25) is 0 Å². The molecule has 37 heavy (non-hydrogen) atoms. The zero-order valence-corrected chi connectivity index (χ0v) is 21.6. The number of benzene rings is 2. The molecule has 0 radical (unpaired) electrons. The van der Waals surface area contributed by atoms with Gasteiger partial charge in [-0.25, -0.2) is 4.68 Å². The number of piperazine rings is 1. The van der Waals surface area contributed by atoms with E-state index in [1.807, 2.05) is 24.3 Å². The van der Waals surface area contributed by atoms with Crippen molar-refractivity contribution in [3.8, 4) is 5.75 Å². The van der Waals surface area contributed by atoms with Gasteiger partial charge >= 0.3 is 0 Å². The molecule has 5 rings (SSSR count). The van der Waals surface area contributed by atoms with Crippen molar-refractivity contribution in [3.05, 3.63) is 75.8 Å². The van der Waals surface area contributed by atoms with Gasteiger partial charge in [-0.05, 0) is 70.3 Å². The van der Waals surface area contributed by atoms with Gasteiger partial charge in [0.1, 0.15) is 11.8 Å². The Labute approximate surface area is 215 Å². The molecule has 194 valence electrons. The lowest BCUT2D eigenvalue weighted by molar-refractivity contribution is 0.171. The van der Waals surface area contributed by atoms with Crippen LogP contribution in [0.5, 0.6) is 5.75 Å². The Kier molecular flexibility index (Phi) is 7.47. The Morgan fingerprint density at radius 1 is 1.03 bits per heavy atom. The Morgan fingerprint density at radius 2 is 1.81 bits per heavy atom. The predicted molar refractivity (Wildman–Crippen MR) is 142 cm³/mol. The molecular weight excluding hydrogens is 470 g/mol. The smallest absolute Gasteiger partial charge is 0.253 e. The maximum Gasteiger partial charge on any atom is 0.253 e. The molecule has 1 saturated heterocycles. The second-order valence-electron chi connectivity index (χ2n) is 9.21. The molecule has 3 heterocycles. The summed E-state index contributed by atoms with van der Waals surface area (Å²) in [7, 11) is 3.32. The van der Waals surface area contributed by atoms with E-state index in [0.29, 0.717) is 24.5 Å². The summed E-state index contributed by atoms with van der Waals surface area (Å²) < 4.78 is 12.3. The van der Waals surface area contributed by atoms with Gasteiger partial charge in [0.25, 0.3) is 5.56 Å². The van der Waals surface area contributed by atoms with Crippen molar-refractivity contribution in [2.24, 2.45) is 0 Å². The molecule has 1 aliphatic heterocycles. The number of hydrogen-bond acceptors (Lipinski definition) is 8. The standard InChI is InChI=1S/C27H33N7O3/c1-4-19-5-10-24-20(17-19)18-23(27(35)28-24)25(26-29-30-31-34(26)15-16-36-2)33-13-11-32(12-14-33)21-6-8-22(37-3)9-7-21/h5-10,17-18,25H,4,11-16H2,1-3H3,(H,28,35)/t25-/m0/s1. The van der Waals surface area contributed by atoms with Crippen molar-refractivity contribution >= 4 is 16.6 Å². The van der Waals surface area contributed by atoms with Crippen LogP contribution in [0, 0.1) is 0 Å². The highest BCUT2D eigenvalue weighted by Crippen LogP contribution is 2.29. The Bertz CT molecular complexity index is 1390. The number of H-pyrrole nitrogens is 1. The fourth-order valence-corrected chi connectivity index (χ4v) is 4.97. The van der Waals surface area contributed by atoms with Crippen LogP contribution < -0.4 is 15.2 Å². The highest BCUT2D eigenvalue weighted by Gasteiger charge is 2.32. The Morgan fingerprint density at radius 3 is 2.51 bits per heavy atom. The van der Waals surface area contributed by atoms with Gasteiger partial charge in [0.2, 0.25) is 0 Å². The van der Waals surface area contributed by atoms with E-state index >= 15 is 0 Å². The minimum atomic E-state index is -0.386. The van der Waals surface area contributed by atoms with E-state index < -0.39 is 0 Å².